The number of ketones is 1. The molecule has 1 aliphatic heterocycles. The molecule has 1 saturated heterocycles. The first kappa shape index (κ1) is 28.3. The van der Waals surface area contributed by atoms with E-state index >= 15 is 0 Å². The summed E-state index contributed by atoms with van der Waals surface area (Å²) in [6, 6.07) is 0. The monoisotopic (exact) mass is 478 g/mol. The first-order valence-corrected chi connectivity index (χ1v) is 13.5. The lowest BCUT2D eigenvalue weighted by Gasteiger charge is -2.34. The second-order valence-electron chi connectivity index (χ2n) is 9.74. The Kier molecular flexibility index (Phi) is 13.3. The van der Waals surface area contributed by atoms with Gasteiger partial charge in [-0.05, 0) is 38.5 Å². The van der Waals surface area contributed by atoms with Crippen LogP contribution in [-0.4, -0.2) is 71.6 Å². The molecule has 1 aliphatic carbocycles. The number of aliphatic hydroxyl groups is 1. The molecular formula is C27H46N2O5. The fourth-order valence-electron chi connectivity index (χ4n) is 5.02. The van der Waals surface area contributed by atoms with Crippen LogP contribution in [0.4, 0.5) is 4.79 Å². The van der Waals surface area contributed by atoms with E-state index in [4.69, 9.17) is 4.74 Å². The van der Waals surface area contributed by atoms with Gasteiger partial charge in [-0.15, -0.1) is 0 Å². The molecule has 34 heavy (non-hydrogen) atoms. The number of ether oxygens (including phenoxy) is 1. The van der Waals surface area contributed by atoms with Crippen LogP contribution >= 0.6 is 0 Å². The van der Waals surface area contributed by atoms with Gasteiger partial charge in [0, 0.05) is 44.9 Å². The summed E-state index contributed by atoms with van der Waals surface area (Å²) in [5.41, 5.74) is 0. The lowest BCUT2D eigenvalue weighted by molar-refractivity contribution is -0.132. The van der Waals surface area contributed by atoms with Gasteiger partial charge in [0.05, 0.1) is 12.7 Å². The van der Waals surface area contributed by atoms with Gasteiger partial charge in [0.15, 0.2) is 0 Å². The second kappa shape index (κ2) is 15.9. The summed E-state index contributed by atoms with van der Waals surface area (Å²) in [6.45, 7) is 6.53. The van der Waals surface area contributed by atoms with E-state index in [0.29, 0.717) is 51.4 Å². The van der Waals surface area contributed by atoms with Gasteiger partial charge in [0.25, 0.3) is 0 Å². The summed E-state index contributed by atoms with van der Waals surface area (Å²) in [6.07, 6.45) is 14.4. The molecule has 0 aromatic heterocycles. The highest BCUT2D eigenvalue weighted by molar-refractivity contribution is 5.83. The third kappa shape index (κ3) is 9.77. The predicted octanol–water partition coefficient (Wildman–Crippen LogP) is 4.72. The minimum atomic E-state index is -0.395. The van der Waals surface area contributed by atoms with E-state index in [1.165, 1.54) is 0 Å². The fourth-order valence-corrected chi connectivity index (χ4v) is 5.02. The molecule has 2 aliphatic rings. The molecule has 0 aromatic carbocycles. The molecule has 7 nitrogen and oxygen atoms in total. The summed E-state index contributed by atoms with van der Waals surface area (Å²) in [5.74, 6) is 0.893. The smallest absolute Gasteiger partial charge is 0.409 e. The molecule has 1 saturated carbocycles. The number of hydrogen-bond acceptors (Lipinski definition) is 5. The van der Waals surface area contributed by atoms with Crippen molar-refractivity contribution in [3.63, 3.8) is 0 Å². The third-order valence-electron chi connectivity index (χ3n) is 7.15. The molecule has 0 spiro atoms. The number of hydrogen-bond donors (Lipinski definition) is 1. The zero-order chi connectivity index (χ0) is 24.8. The summed E-state index contributed by atoms with van der Waals surface area (Å²) in [4.78, 5) is 40.1. The van der Waals surface area contributed by atoms with Crippen molar-refractivity contribution < 1.29 is 24.2 Å². The number of amides is 2. The molecule has 1 heterocycles. The van der Waals surface area contributed by atoms with Crippen LogP contribution in [0, 0.1) is 11.8 Å². The molecule has 2 fully saturated rings. The highest BCUT2D eigenvalue weighted by Gasteiger charge is 2.32. The van der Waals surface area contributed by atoms with Crippen LogP contribution in [0.2, 0.25) is 0 Å². The number of allylic oxidation sites excluding steroid dienone is 1. The Hall–Kier alpha value is -1.89. The molecule has 1 N–H and O–H groups in total. The molecule has 0 bridgehead atoms. The van der Waals surface area contributed by atoms with Crippen LogP contribution < -0.4 is 0 Å². The van der Waals surface area contributed by atoms with Crippen molar-refractivity contribution in [3.05, 3.63) is 12.2 Å². The number of rotatable bonds is 14. The molecule has 0 aromatic rings. The Balaban J connectivity index is 1.58. The number of carbonyl (C=O) groups excluding carboxylic acids is 3. The average Bonchev–Trinajstić information content (AvgIpc) is 3.19. The molecule has 0 unspecified atom stereocenters. The van der Waals surface area contributed by atoms with E-state index in [0.717, 1.165) is 64.2 Å². The summed E-state index contributed by atoms with van der Waals surface area (Å²) >= 11 is 0. The van der Waals surface area contributed by atoms with E-state index in [-0.39, 0.29) is 23.8 Å². The van der Waals surface area contributed by atoms with E-state index in [1.807, 2.05) is 11.0 Å². The number of aliphatic hydroxyl groups excluding tert-OH is 1. The van der Waals surface area contributed by atoms with Crippen LogP contribution in [-0.2, 0) is 14.3 Å². The Morgan fingerprint density at radius 1 is 1.03 bits per heavy atom. The van der Waals surface area contributed by atoms with Gasteiger partial charge < -0.3 is 19.6 Å². The molecule has 2 amide bonds. The topological polar surface area (TPSA) is 87.2 Å². The number of Topliss-reactive ketones (excluding diaryl/α,β-unsaturated/α-hetero) is 1. The average molecular weight is 479 g/mol. The first-order chi connectivity index (χ1) is 16.5. The largest absolute Gasteiger partial charge is 0.450 e. The Morgan fingerprint density at radius 3 is 2.44 bits per heavy atom. The van der Waals surface area contributed by atoms with E-state index in [9.17, 15) is 19.5 Å². The minimum Gasteiger partial charge on any atom is -0.450 e. The second-order valence-corrected chi connectivity index (χ2v) is 9.74. The van der Waals surface area contributed by atoms with Crippen LogP contribution in [0.5, 0.6) is 0 Å². The summed E-state index contributed by atoms with van der Waals surface area (Å²) in [5, 5.41) is 10.1. The van der Waals surface area contributed by atoms with Gasteiger partial charge in [0.2, 0.25) is 5.91 Å². The standard InChI is InChI=1S/C27H46N2O5/c1-3-5-8-11-23(30)16-14-22-15-17-25(31)24(22)12-9-6-7-10-13-26(32)28-18-20-29(21-19-28)27(33)34-4-2/h14,16,22-24,30H,3-13,15,17-21H2,1-2H3/b16-14+/t22-,23+,24+/m0/s1. The van der Waals surface area contributed by atoms with E-state index in [1.54, 1.807) is 11.8 Å². The number of unbranched alkanes of at least 4 members (excludes halogenated alkanes) is 5. The fraction of sp³-hybridized carbons (Fsp3) is 0.815. The van der Waals surface area contributed by atoms with Crippen molar-refractivity contribution in [3.8, 4) is 0 Å². The quantitative estimate of drug-likeness (QED) is 0.288. The molecule has 3 atom stereocenters. The van der Waals surface area contributed by atoms with E-state index < -0.39 is 6.10 Å². The van der Waals surface area contributed by atoms with Crippen molar-refractivity contribution in [1.29, 1.82) is 0 Å². The Bertz CT molecular complexity index is 657. The predicted molar refractivity (Wildman–Crippen MR) is 133 cm³/mol. The molecular weight excluding hydrogens is 432 g/mol. The normalized spacial score (nSPS) is 21.9. The van der Waals surface area contributed by atoms with Crippen LogP contribution in [0.25, 0.3) is 0 Å². The van der Waals surface area contributed by atoms with Crippen LogP contribution in [0.3, 0.4) is 0 Å². The Morgan fingerprint density at radius 2 is 1.74 bits per heavy atom. The maximum atomic E-state index is 12.5. The molecule has 7 heteroatoms. The van der Waals surface area contributed by atoms with Gasteiger partial charge in [-0.1, -0.05) is 57.6 Å². The van der Waals surface area contributed by atoms with Gasteiger partial charge >= 0.3 is 6.09 Å². The SMILES string of the molecule is CCCCC[C@@H](O)/C=C/[C@H]1CCC(=O)[C@@H]1CCCCCCC(=O)N1CCN(C(=O)OCC)CC1. The maximum Gasteiger partial charge on any atom is 0.409 e. The number of piperazine rings is 1. The molecule has 194 valence electrons. The zero-order valence-electron chi connectivity index (χ0n) is 21.4. The first-order valence-electron chi connectivity index (χ1n) is 13.5. The highest BCUT2D eigenvalue weighted by atomic mass is 16.6. The van der Waals surface area contributed by atoms with Crippen molar-refractivity contribution in [2.45, 2.75) is 97.0 Å². The van der Waals surface area contributed by atoms with Gasteiger partial charge in [0.1, 0.15) is 5.78 Å². The van der Waals surface area contributed by atoms with E-state index in [2.05, 4.69) is 13.0 Å². The van der Waals surface area contributed by atoms with Crippen molar-refractivity contribution in [1.82, 2.24) is 9.80 Å². The minimum absolute atomic E-state index is 0.0939. The Labute approximate surface area is 205 Å². The number of nitrogens with zero attached hydrogens (tertiary/aromatic N) is 2. The van der Waals surface area contributed by atoms with Gasteiger partial charge in [-0.2, -0.15) is 0 Å². The lowest BCUT2D eigenvalue weighted by atomic mass is 9.89. The van der Waals surface area contributed by atoms with Crippen LogP contribution in [0.15, 0.2) is 12.2 Å². The lowest BCUT2D eigenvalue weighted by Crippen LogP contribution is -2.50. The van der Waals surface area contributed by atoms with Crippen LogP contribution in [0.1, 0.15) is 90.9 Å². The highest BCUT2D eigenvalue weighted by Crippen LogP contribution is 2.34. The summed E-state index contributed by atoms with van der Waals surface area (Å²) < 4.78 is 5.02. The third-order valence-corrected chi connectivity index (χ3v) is 7.15. The molecule has 2 rings (SSSR count). The van der Waals surface area contributed by atoms with Crippen molar-refractivity contribution in [2.75, 3.05) is 32.8 Å². The zero-order valence-corrected chi connectivity index (χ0v) is 21.4. The molecule has 0 radical (unpaired) electrons. The van der Waals surface area contributed by atoms with Crippen molar-refractivity contribution in [2.24, 2.45) is 11.8 Å². The maximum absolute atomic E-state index is 12.5. The van der Waals surface area contributed by atoms with Gasteiger partial charge in [-0.3, -0.25) is 9.59 Å². The summed E-state index contributed by atoms with van der Waals surface area (Å²) in [7, 11) is 0. The van der Waals surface area contributed by atoms with Gasteiger partial charge in [-0.25, -0.2) is 4.79 Å². The van der Waals surface area contributed by atoms with Crippen molar-refractivity contribution >= 4 is 17.8 Å². The number of carbonyl (C=O) groups is 3.